The highest BCUT2D eigenvalue weighted by Crippen LogP contribution is 2.07. The molecule has 0 rings (SSSR count). The third kappa shape index (κ3) is 6.05. The second-order valence-electron chi connectivity index (χ2n) is 4.28. The van der Waals surface area contributed by atoms with Crippen LogP contribution in [0, 0.1) is 11.8 Å². The van der Waals surface area contributed by atoms with Gasteiger partial charge in [-0.25, -0.2) is 0 Å². The van der Waals surface area contributed by atoms with E-state index < -0.39 is 0 Å². The minimum atomic E-state index is 0.288. The lowest BCUT2D eigenvalue weighted by molar-refractivity contribution is 0.240. The van der Waals surface area contributed by atoms with Gasteiger partial charge in [0.2, 0.25) is 0 Å². The van der Waals surface area contributed by atoms with Crippen molar-refractivity contribution in [1.29, 1.82) is 0 Å². The zero-order valence-corrected chi connectivity index (χ0v) is 9.51. The predicted molar refractivity (Wildman–Crippen MR) is 57.8 cm³/mol. The average Bonchev–Trinajstić information content (AvgIpc) is 2.11. The molecule has 2 unspecified atom stereocenters. The highest BCUT2D eigenvalue weighted by atomic mass is 16.3. The predicted octanol–water partition coefficient (Wildman–Crippen LogP) is 2.03. The molecule has 2 heteroatoms. The van der Waals surface area contributed by atoms with Crippen molar-refractivity contribution in [2.75, 3.05) is 13.2 Å². The van der Waals surface area contributed by atoms with Crippen LogP contribution in [0.3, 0.4) is 0 Å². The second kappa shape index (κ2) is 7.34. The molecule has 0 heterocycles. The molecule has 0 aromatic heterocycles. The molecule has 0 bridgehead atoms. The van der Waals surface area contributed by atoms with Gasteiger partial charge in [-0.05, 0) is 24.8 Å². The molecule has 0 aliphatic heterocycles. The van der Waals surface area contributed by atoms with Crippen LogP contribution < -0.4 is 5.32 Å². The fraction of sp³-hybridized carbons (Fsp3) is 1.00. The molecule has 0 aliphatic carbocycles. The maximum absolute atomic E-state index is 8.87. The summed E-state index contributed by atoms with van der Waals surface area (Å²) in [4.78, 5) is 0. The Morgan fingerprint density at radius 3 is 2.23 bits per heavy atom. The average molecular weight is 187 g/mol. The summed E-state index contributed by atoms with van der Waals surface area (Å²) < 4.78 is 0. The zero-order chi connectivity index (χ0) is 10.3. The molecule has 0 aliphatic rings. The van der Waals surface area contributed by atoms with Gasteiger partial charge in [0.05, 0.1) is 0 Å². The maximum atomic E-state index is 8.87. The summed E-state index contributed by atoms with van der Waals surface area (Å²) in [5.74, 6) is 1.34. The number of hydrogen-bond donors (Lipinski definition) is 2. The van der Waals surface area contributed by atoms with Crippen molar-refractivity contribution in [1.82, 2.24) is 5.32 Å². The Balaban J connectivity index is 3.68. The fourth-order valence-electron chi connectivity index (χ4n) is 1.31. The van der Waals surface area contributed by atoms with Crippen molar-refractivity contribution in [3.63, 3.8) is 0 Å². The van der Waals surface area contributed by atoms with Crippen molar-refractivity contribution in [3.05, 3.63) is 0 Å². The molecule has 0 radical (unpaired) electrons. The Hall–Kier alpha value is -0.0800. The molecule has 0 aromatic rings. The van der Waals surface area contributed by atoms with Crippen molar-refractivity contribution in [2.24, 2.45) is 11.8 Å². The third-order valence-electron chi connectivity index (χ3n) is 2.67. The molecule has 80 valence electrons. The molecule has 0 fully saturated rings. The molecule has 0 saturated carbocycles. The Kier molecular flexibility index (Phi) is 7.29. The maximum Gasteiger partial charge on any atom is 0.0445 e. The van der Waals surface area contributed by atoms with Crippen LogP contribution in [0.15, 0.2) is 0 Å². The van der Waals surface area contributed by atoms with Gasteiger partial charge in [0.1, 0.15) is 0 Å². The summed E-state index contributed by atoms with van der Waals surface area (Å²) in [6.45, 7) is 10.2. The number of aliphatic hydroxyl groups is 1. The Labute approximate surface area is 82.7 Å². The third-order valence-corrected chi connectivity index (χ3v) is 2.67. The molecule has 0 aromatic carbocycles. The zero-order valence-electron chi connectivity index (χ0n) is 9.51. The topological polar surface area (TPSA) is 32.3 Å². The van der Waals surface area contributed by atoms with Gasteiger partial charge in [-0.1, -0.05) is 34.1 Å². The Morgan fingerprint density at radius 1 is 1.23 bits per heavy atom. The minimum Gasteiger partial charge on any atom is -0.396 e. The molecule has 0 spiro atoms. The highest BCUT2D eigenvalue weighted by Gasteiger charge is 2.12. The van der Waals surface area contributed by atoms with Crippen molar-refractivity contribution in [3.8, 4) is 0 Å². The summed E-state index contributed by atoms with van der Waals surface area (Å²) in [5.41, 5.74) is 0. The lowest BCUT2D eigenvalue weighted by Crippen LogP contribution is -2.37. The number of aliphatic hydroxyl groups excluding tert-OH is 1. The molecule has 13 heavy (non-hydrogen) atoms. The highest BCUT2D eigenvalue weighted by molar-refractivity contribution is 4.71. The number of hydrogen-bond acceptors (Lipinski definition) is 2. The quantitative estimate of drug-likeness (QED) is 0.639. The van der Waals surface area contributed by atoms with Crippen LogP contribution in [-0.2, 0) is 0 Å². The smallest absolute Gasteiger partial charge is 0.0445 e. The van der Waals surface area contributed by atoms with E-state index in [0.29, 0.717) is 12.0 Å². The molecule has 0 saturated heterocycles. The summed E-state index contributed by atoms with van der Waals surface area (Å²) in [7, 11) is 0. The van der Waals surface area contributed by atoms with Crippen LogP contribution in [0.25, 0.3) is 0 Å². The summed E-state index contributed by atoms with van der Waals surface area (Å²) in [6.07, 6.45) is 2.09. The van der Waals surface area contributed by atoms with Crippen LogP contribution in [0.2, 0.25) is 0 Å². The van der Waals surface area contributed by atoms with Crippen LogP contribution in [0.5, 0.6) is 0 Å². The van der Waals surface area contributed by atoms with E-state index in [2.05, 4.69) is 33.0 Å². The van der Waals surface area contributed by atoms with E-state index in [-0.39, 0.29) is 6.61 Å². The first-order valence-corrected chi connectivity index (χ1v) is 5.46. The van der Waals surface area contributed by atoms with Gasteiger partial charge >= 0.3 is 0 Å². The van der Waals surface area contributed by atoms with Gasteiger partial charge < -0.3 is 10.4 Å². The first-order chi connectivity index (χ1) is 6.11. The van der Waals surface area contributed by atoms with E-state index >= 15 is 0 Å². The standard InChI is InChI=1S/C11H25NO/c1-5-10(4)8-12-11(6-7-13)9(2)3/h9-13H,5-8H2,1-4H3. The van der Waals surface area contributed by atoms with Crippen LogP contribution in [-0.4, -0.2) is 24.3 Å². The largest absolute Gasteiger partial charge is 0.396 e. The van der Waals surface area contributed by atoms with E-state index in [4.69, 9.17) is 5.11 Å². The molecule has 2 N–H and O–H groups in total. The lowest BCUT2D eigenvalue weighted by Gasteiger charge is -2.23. The van der Waals surface area contributed by atoms with Crippen LogP contribution >= 0.6 is 0 Å². The van der Waals surface area contributed by atoms with E-state index in [1.165, 1.54) is 6.42 Å². The normalized spacial score (nSPS) is 16.2. The van der Waals surface area contributed by atoms with Gasteiger partial charge in [0.25, 0.3) is 0 Å². The minimum absolute atomic E-state index is 0.288. The summed E-state index contributed by atoms with van der Waals surface area (Å²) in [5, 5.41) is 12.4. The van der Waals surface area contributed by atoms with Crippen LogP contribution in [0.4, 0.5) is 0 Å². The van der Waals surface area contributed by atoms with Gasteiger partial charge in [0, 0.05) is 12.6 Å². The first-order valence-electron chi connectivity index (χ1n) is 5.46. The van der Waals surface area contributed by atoms with Crippen molar-refractivity contribution < 1.29 is 5.11 Å². The van der Waals surface area contributed by atoms with Gasteiger partial charge in [0.15, 0.2) is 0 Å². The summed E-state index contributed by atoms with van der Waals surface area (Å²) >= 11 is 0. The van der Waals surface area contributed by atoms with Crippen LogP contribution in [0.1, 0.15) is 40.5 Å². The monoisotopic (exact) mass is 187 g/mol. The molecular weight excluding hydrogens is 162 g/mol. The van der Waals surface area contributed by atoms with E-state index in [0.717, 1.165) is 18.9 Å². The fourth-order valence-corrected chi connectivity index (χ4v) is 1.31. The number of rotatable bonds is 7. The number of nitrogens with one attached hydrogen (secondary N) is 1. The molecule has 0 amide bonds. The van der Waals surface area contributed by atoms with Gasteiger partial charge in [-0.3, -0.25) is 0 Å². The van der Waals surface area contributed by atoms with E-state index in [1.54, 1.807) is 0 Å². The molecule has 2 nitrogen and oxygen atoms in total. The van der Waals surface area contributed by atoms with E-state index in [1.807, 2.05) is 0 Å². The van der Waals surface area contributed by atoms with E-state index in [9.17, 15) is 0 Å². The molecule has 2 atom stereocenters. The van der Waals surface area contributed by atoms with Crippen molar-refractivity contribution >= 4 is 0 Å². The first kappa shape index (κ1) is 12.9. The van der Waals surface area contributed by atoms with Gasteiger partial charge in [-0.15, -0.1) is 0 Å². The van der Waals surface area contributed by atoms with Gasteiger partial charge in [-0.2, -0.15) is 0 Å². The Morgan fingerprint density at radius 2 is 1.85 bits per heavy atom. The molecular formula is C11H25NO. The summed E-state index contributed by atoms with van der Waals surface area (Å²) in [6, 6.07) is 0.471. The van der Waals surface area contributed by atoms with Crippen molar-refractivity contribution in [2.45, 2.75) is 46.6 Å². The SMILES string of the molecule is CCC(C)CNC(CCO)C(C)C. The Bertz CT molecular complexity index is 115. The second-order valence-corrected chi connectivity index (χ2v) is 4.28. The lowest BCUT2D eigenvalue weighted by atomic mass is 10.00.